The molecule has 0 radical (unpaired) electrons. The van der Waals surface area contributed by atoms with Gasteiger partial charge in [-0.25, -0.2) is 21.9 Å². The molecule has 1 heterocycles. The summed E-state index contributed by atoms with van der Waals surface area (Å²) in [6.07, 6.45) is 3.24. The summed E-state index contributed by atoms with van der Waals surface area (Å²) in [7, 11) is -3.32. The second-order valence-electron chi connectivity index (χ2n) is 8.17. The highest BCUT2D eigenvalue weighted by molar-refractivity contribution is 7.88. The molecule has 3 atom stereocenters. The number of carbonyl (C=O) groups is 1. The zero-order chi connectivity index (χ0) is 21.5. The Kier molecular flexibility index (Phi) is 5.63. The summed E-state index contributed by atoms with van der Waals surface area (Å²) < 4.78 is 53.3. The van der Waals surface area contributed by atoms with Crippen molar-refractivity contribution in [2.45, 2.75) is 31.2 Å². The van der Waals surface area contributed by atoms with Crippen molar-refractivity contribution >= 4 is 15.9 Å². The van der Waals surface area contributed by atoms with Gasteiger partial charge >= 0.3 is 0 Å². The molecule has 2 aromatic carbocycles. The molecule has 8 heteroatoms. The van der Waals surface area contributed by atoms with Crippen LogP contribution in [0, 0.1) is 17.6 Å². The first-order valence-electron chi connectivity index (χ1n) is 10.0. The Morgan fingerprint density at radius 1 is 1.13 bits per heavy atom. The normalized spacial score (nSPS) is 24.0. The molecule has 30 heavy (non-hydrogen) atoms. The van der Waals surface area contributed by atoms with Crippen LogP contribution in [0.1, 0.15) is 30.7 Å². The van der Waals surface area contributed by atoms with Crippen LogP contribution in [-0.4, -0.2) is 44.6 Å². The van der Waals surface area contributed by atoms with Crippen LogP contribution in [0.5, 0.6) is 0 Å². The molecule has 2 aliphatic rings. The van der Waals surface area contributed by atoms with E-state index in [2.05, 4.69) is 4.72 Å². The van der Waals surface area contributed by atoms with Crippen molar-refractivity contribution in [2.75, 3.05) is 19.3 Å². The van der Waals surface area contributed by atoms with Crippen molar-refractivity contribution in [1.29, 1.82) is 0 Å². The lowest BCUT2D eigenvalue weighted by molar-refractivity contribution is -0.133. The number of halogens is 2. The van der Waals surface area contributed by atoms with Gasteiger partial charge in [-0.15, -0.1) is 0 Å². The van der Waals surface area contributed by atoms with E-state index in [1.165, 1.54) is 12.1 Å². The van der Waals surface area contributed by atoms with Crippen molar-refractivity contribution in [3.63, 3.8) is 0 Å². The van der Waals surface area contributed by atoms with E-state index < -0.39 is 21.7 Å². The molecule has 1 saturated heterocycles. The van der Waals surface area contributed by atoms with Gasteiger partial charge in [-0.1, -0.05) is 24.3 Å². The van der Waals surface area contributed by atoms with Crippen molar-refractivity contribution in [3.05, 3.63) is 59.7 Å². The second-order valence-corrected chi connectivity index (χ2v) is 9.95. The summed E-state index contributed by atoms with van der Waals surface area (Å²) in [6.45, 7) is 0.974. The number of hydrogen-bond acceptors (Lipinski definition) is 3. The highest BCUT2D eigenvalue weighted by atomic mass is 32.2. The second kappa shape index (κ2) is 8.07. The van der Waals surface area contributed by atoms with Gasteiger partial charge in [-0.3, -0.25) is 4.79 Å². The van der Waals surface area contributed by atoms with Gasteiger partial charge in [0.05, 0.1) is 6.26 Å². The summed E-state index contributed by atoms with van der Waals surface area (Å²) >= 11 is 0. The number of benzene rings is 2. The van der Waals surface area contributed by atoms with Crippen LogP contribution < -0.4 is 4.72 Å². The van der Waals surface area contributed by atoms with Crippen LogP contribution in [0.25, 0.3) is 11.1 Å². The molecule has 0 aromatic heterocycles. The average molecular weight is 435 g/mol. The van der Waals surface area contributed by atoms with Crippen LogP contribution in [0.3, 0.4) is 0 Å². The van der Waals surface area contributed by atoms with Gasteiger partial charge in [-0.05, 0) is 48.4 Å². The first-order valence-corrected chi connectivity index (χ1v) is 11.9. The Hall–Kier alpha value is -2.32. The van der Waals surface area contributed by atoms with Gasteiger partial charge in [0.15, 0.2) is 0 Å². The monoisotopic (exact) mass is 434 g/mol. The SMILES string of the molecule is CS(=O)(=O)N[C@@H]1CCCN(C(=O)[C@@H]2C[C@H]2c2ccccc2-c2ccc(F)cc2F)C1. The van der Waals surface area contributed by atoms with Crippen molar-refractivity contribution in [2.24, 2.45) is 5.92 Å². The fraction of sp³-hybridized carbons (Fsp3) is 0.409. The fourth-order valence-corrected chi connectivity index (χ4v) is 5.19. The number of piperidine rings is 1. The number of likely N-dealkylation sites (tertiary alicyclic amines) is 1. The van der Waals surface area contributed by atoms with Gasteiger partial charge in [0.2, 0.25) is 15.9 Å². The third kappa shape index (κ3) is 4.54. The smallest absolute Gasteiger partial charge is 0.226 e. The lowest BCUT2D eigenvalue weighted by Crippen LogP contribution is -2.49. The third-order valence-corrected chi connectivity index (χ3v) is 6.56. The molecule has 0 bridgehead atoms. The zero-order valence-electron chi connectivity index (χ0n) is 16.6. The number of nitrogens with zero attached hydrogens (tertiary/aromatic N) is 1. The molecule has 0 unspecified atom stereocenters. The highest BCUT2D eigenvalue weighted by Gasteiger charge is 2.47. The summed E-state index contributed by atoms with van der Waals surface area (Å²) in [5, 5.41) is 0. The number of carbonyl (C=O) groups excluding carboxylic acids is 1. The topological polar surface area (TPSA) is 66.5 Å². The van der Waals surface area contributed by atoms with Gasteiger partial charge in [0.25, 0.3) is 0 Å². The number of hydrogen-bond donors (Lipinski definition) is 1. The molecule has 5 nitrogen and oxygen atoms in total. The van der Waals surface area contributed by atoms with Gasteiger partial charge in [0.1, 0.15) is 11.6 Å². The molecule has 1 aliphatic heterocycles. The van der Waals surface area contributed by atoms with Crippen LogP contribution in [-0.2, 0) is 14.8 Å². The standard InChI is InChI=1S/C22H24F2N2O3S/c1-30(28,29)25-15-5-4-10-26(13-15)22(27)20-12-19(20)17-7-3-2-6-16(17)18-9-8-14(23)11-21(18)24/h2-3,6-9,11,15,19-20,25H,4-5,10,12-13H2,1H3/t15-,19+,20-/m1/s1. The molecule has 1 saturated carbocycles. The Balaban J connectivity index is 1.50. The summed E-state index contributed by atoms with van der Waals surface area (Å²) in [5.74, 6) is -1.48. The predicted octanol–water partition coefficient (Wildman–Crippen LogP) is 3.28. The quantitative estimate of drug-likeness (QED) is 0.786. The van der Waals surface area contributed by atoms with Crippen molar-refractivity contribution in [1.82, 2.24) is 9.62 Å². The third-order valence-electron chi connectivity index (χ3n) is 5.80. The molecule has 1 amide bonds. The van der Waals surface area contributed by atoms with Crippen LogP contribution in [0.2, 0.25) is 0 Å². The van der Waals surface area contributed by atoms with Crippen LogP contribution >= 0.6 is 0 Å². The van der Waals surface area contributed by atoms with Gasteiger partial charge < -0.3 is 4.90 Å². The molecule has 0 spiro atoms. The van der Waals surface area contributed by atoms with E-state index in [1.54, 1.807) is 17.0 Å². The number of nitrogens with one attached hydrogen (secondary N) is 1. The fourth-order valence-electron chi connectivity index (χ4n) is 4.40. The molecule has 2 aromatic rings. The van der Waals surface area contributed by atoms with E-state index in [4.69, 9.17) is 0 Å². The largest absolute Gasteiger partial charge is 0.341 e. The molecule has 2 fully saturated rings. The number of rotatable bonds is 5. The first kappa shape index (κ1) is 20.9. The van der Waals surface area contributed by atoms with Crippen molar-refractivity contribution < 1.29 is 22.0 Å². The average Bonchev–Trinajstić information content (AvgIpc) is 3.47. The minimum Gasteiger partial charge on any atom is -0.341 e. The van der Waals surface area contributed by atoms with E-state index in [9.17, 15) is 22.0 Å². The van der Waals surface area contributed by atoms with E-state index in [0.29, 0.717) is 37.1 Å². The van der Waals surface area contributed by atoms with Crippen molar-refractivity contribution in [3.8, 4) is 11.1 Å². The summed E-state index contributed by atoms with van der Waals surface area (Å²) in [5.41, 5.74) is 1.87. The maximum Gasteiger partial charge on any atom is 0.226 e. The lowest BCUT2D eigenvalue weighted by atomic mass is 9.95. The Labute approximate surface area is 175 Å². The molecule has 160 valence electrons. The van der Waals surface area contributed by atoms with Gasteiger partial charge in [-0.2, -0.15) is 0 Å². The maximum absolute atomic E-state index is 14.4. The summed E-state index contributed by atoms with van der Waals surface area (Å²) in [4.78, 5) is 14.8. The minimum absolute atomic E-state index is 0.00869. The van der Waals surface area contributed by atoms with Crippen LogP contribution in [0.15, 0.2) is 42.5 Å². The van der Waals surface area contributed by atoms with Crippen LogP contribution in [0.4, 0.5) is 8.78 Å². The molecule has 1 N–H and O–H groups in total. The van der Waals surface area contributed by atoms with E-state index in [0.717, 1.165) is 24.3 Å². The molecule has 1 aliphatic carbocycles. The number of amides is 1. The van der Waals surface area contributed by atoms with E-state index in [-0.39, 0.29) is 23.8 Å². The van der Waals surface area contributed by atoms with E-state index >= 15 is 0 Å². The highest BCUT2D eigenvalue weighted by Crippen LogP contribution is 2.51. The molecular formula is C22H24F2N2O3S. The predicted molar refractivity (Wildman–Crippen MR) is 110 cm³/mol. The lowest BCUT2D eigenvalue weighted by Gasteiger charge is -2.33. The maximum atomic E-state index is 14.4. The molecular weight excluding hydrogens is 410 g/mol. The number of sulfonamides is 1. The Morgan fingerprint density at radius 2 is 1.90 bits per heavy atom. The minimum atomic E-state index is -3.32. The molecule has 4 rings (SSSR count). The summed E-state index contributed by atoms with van der Waals surface area (Å²) in [6, 6.07) is 10.6. The zero-order valence-corrected chi connectivity index (χ0v) is 17.5. The Bertz CT molecular complexity index is 1070. The Morgan fingerprint density at radius 3 is 2.63 bits per heavy atom. The van der Waals surface area contributed by atoms with E-state index in [1.807, 2.05) is 12.1 Å². The first-order chi connectivity index (χ1) is 14.2. The van der Waals surface area contributed by atoms with Gasteiger partial charge in [0, 0.05) is 36.7 Å².